The van der Waals surface area contributed by atoms with Gasteiger partial charge in [-0.1, -0.05) is 24.6 Å². The summed E-state index contributed by atoms with van der Waals surface area (Å²) < 4.78 is 22.5. The number of hydrogen-bond donors (Lipinski definition) is 1. The van der Waals surface area contributed by atoms with Gasteiger partial charge >= 0.3 is 6.03 Å². The van der Waals surface area contributed by atoms with Crippen LogP contribution in [0.5, 0.6) is 5.75 Å². The fourth-order valence-electron chi connectivity index (χ4n) is 4.19. The second kappa shape index (κ2) is 10.3. The molecule has 2 saturated heterocycles. The van der Waals surface area contributed by atoms with E-state index in [4.69, 9.17) is 21.1 Å². The molecule has 0 saturated carbocycles. The van der Waals surface area contributed by atoms with E-state index in [9.17, 15) is 18.8 Å². The molecule has 1 N–H and O–H groups in total. The van der Waals surface area contributed by atoms with Crippen molar-refractivity contribution in [3.63, 3.8) is 0 Å². The molecule has 0 spiro atoms. The van der Waals surface area contributed by atoms with E-state index in [1.165, 1.54) is 12.0 Å². The summed E-state index contributed by atoms with van der Waals surface area (Å²) in [6.07, 6.45) is 1.75. The monoisotopic (exact) mass is 455 g/mol. The standard InChI is InChI=1S/C21H27ClFN3O5/c1-13(9-17-19(27)24-21(29)26(17)12-30-2)20(28)25-7-5-14(6-8-25)15-3-4-16(22)18(10-15)31-11-23/h3-4,10,13-14,17H,5-9,11-12H2,1-2H3,(H,24,27,29)/t13-,17+/m1/s1. The largest absolute Gasteiger partial charge is 0.461 e. The summed E-state index contributed by atoms with van der Waals surface area (Å²) in [6.45, 7) is 1.97. The summed E-state index contributed by atoms with van der Waals surface area (Å²) >= 11 is 6.03. The minimum Gasteiger partial charge on any atom is -0.461 e. The summed E-state index contributed by atoms with van der Waals surface area (Å²) in [7, 11) is 1.44. The minimum absolute atomic E-state index is 0.0102. The van der Waals surface area contributed by atoms with Crippen molar-refractivity contribution in [2.75, 3.05) is 33.8 Å². The highest BCUT2D eigenvalue weighted by Gasteiger charge is 2.40. The number of imide groups is 1. The smallest absolute Gasteiger partial charge is 0.326 e. The van der Waals surface area contributed by atoms with Gasteiger partial charge in [0.05, 0.1) is 5.02 Å². The second-order valence-corrected chi connectivity index (χ2v) is 8.28. The van der Waals surface area contributed by atoms with Crippen LogP contribution in [0.3, 0.4) is 0 Å². The lowest BCUT2D eigenvalue weighted by molar-refractivity contribution is -0.137. The Morgan fingerprint density at radius 2 is 2.03 bits per heavy atom. The number of benzene rings is 1. The van der Waals surface area contributed by atoms with Crippen LogP contribution in [0.1, 0.15) is 37.7 Å². The predicted octanol–water partition coefficient (Wildman–Crippen LogP) is 2.90. The van der Waals surface area contributed by atoms with Crippen molar-refractivity contribution in [2.45, 2.75) is 38.1 Å². The maximum absolute atomic E-state index is 12.9. The molecule has 0 aliphatic carbocycles. The van der Waals surface area contributed by atoms with Gasteiger partial charge in [-0.25, -0.2) is 9.18 Å². The van der Waals surface area contributed by atoms with Crippen LogP contribution in [0.15, 0.2) is 18.2 Å². The molecular weight excluding hydrogens is 429 g/mol. The number of carbonyl (C=O) groups is 3. The van der Waals surface area contributed by atoms with E-state index in [0.29, 0.717) is 23.9 Å². The topological polar surface area (TPSA) is 88.2 Å². The molecule has 2 atom stereocenters. The Balaban J connectivity index is 1.57. The Kier molecular flexibility index (Phi) is 7.72. The average Bonchev–Trinajstić information content (AvgIpc) is 3.02. The number of alkyl halides is 1. The zero-order chi connectivity index (χ0) is 22.5. The third-order valence-corrected chi connectivity index (χ3v) is 6.19. The Labute approximate surface area is 185 Å². The molecule has 3 rings (SSSR count). The molecule has 170 valence electrons. The van der Waals surface area contributed by atoms with Crippen LogP contribution < -0.4 is 10.1 Å². The van der Waals surface area contributed by atoms with Crippen molar-refractivity contribution in [3.8, 4) is 5.75 Å². The molecule has 0 aromatic heterocycles. The maximum Gasteiger partial charge on any atom is 0.326 e. The predicted molar refractivity (Wildman–Crippen MR) is 111 cm³/mol. The lowest BCUT2D eigenvalue weighted by Crippen LogP contribution is -2.44. The van der Waals surface area contributed by atoms with Crippen LogP contribution >= 0.6 is 11.6 Å². The van der Waals surface area contributed by atoms with Crippen molar-refractivity contribution < 1.29 is 28.2 Å². The number of piperidine rings is 1. The van der Waals surface area contributed by atoms with Gasteiger partial charge in [-0.15, -0.1) is 0 Å². The molecule has 1 aromatic rings. The first-order valence-corrected chi connectivity index (χ1v) is 10.6. The van der Waals surface area contributed by atoms with Crippen molar-refractivity contribution >= 4 is 29.4 Å². The van der Waals surface area contributed by atoms with Gasteiger partial charge in [-0.05, 0) is 42.9 Å². The number of ether oxygens (including phenoxy) is 2. The van der Waals surface area contributed by atoms with Crippen molar-refractivity contribution in [1.29, 1.82) is 0 Å². The van der Waals surface area contributed by atoms with Gasteiger partial charge in [-0.3, -0.25) is 19.8 Å². The Hall–Kier alpha value is -2.39. The fraction of sp³-hybridized carbons (Fsp3) is 0.571. The SMILES string of the molecule is COCN1C(=O)NC(=O)[C@@H]1C[C@@H](C)C(=O)N1CCC(c2ccc(Cl)c(OCF)c2)CC1. The number of carbonyl (C=O) groups excluding carboxylic acids is 3. The zero-order valence-corrected chi connectivity index (χ0v) is 18.4. The molecule has 0 radical (unpaired) electrons. The maximum atomic E-state index is 12.9. The first-order valence-electron chi connectivity index (χ1n) is 10.2. The Morgan fingerprint density at radius 1 is 1.32 bits per heavy atom. The third kappa shape index (κ3) is 5.27. The lowest BCUT2D eigenvalue weighted by atomic mass is 9.88. The zero-order valence-electron chi connectivity index (χ0n) is 17.6. The summed E-state index contributed by atoms with van der Waals surface area (Å²) in [5.74, 6) is -0.333. The molecule has 8 nitrogen and oxygen atoms in total. The number of rotatable bonds is 8. The van der Waals surface area contributed by atoms with Crippen LogP contribution in [0.2, 0.25) is 5.02 Å². The normalized spacial score (nSPS) is 20.7. The molecule has 2 fully saturated rings. The minimum atomic E-state index is -0.944. The third-order valence-electron chi connectivity index (χ3n) is 5.88. The summed E-state index contributed by atoms with van der Waals surface area (Å²) in [4.78, 5) is 40.0. The van der Waals surface area contributed by atoms with Crippen LogP contribution in [0.25, 0.3) is 0 Å². The lowest BCUT2D eigenvalue weighted by Gasteiger charge is -2.34. The van der Waals surface area contributed by atoms with Gasteiger partial charge in [0.2, 0.25) is 12.8 Å². The van der Waals surface area contributed by atoms with Crippen molar-refractivity contribution in [3.05, 3.63) is 28.8 Å². The molecule has 2 heterocycles. The van der Waals surface area contributed by atoms with Crippen LogP contribution in [0, 0.1) is 5.92 Å². The van der Waals surface area contributed by atoms with Gasteiger partial charge < -0.3 is 14.4 Å². The van der Waals surface area contributed by atoms with E-state index in [1.807, 2.05) is 6.07 Å². The van der Waals surface area contributed by atoms with Crippen LogP contribution in [0.4, 0.5) is 9.18 Å². The summed E-state index contributed by atoms with van der Waals surface area (Å²) in [5.41, 5.74) is 1.00. The van der Waals surface area contributed by atoms with E-state index in [0.717, 1.165) is 18.4 Å². The highest BCUT2D eigenvalue weighted by molar-refractivity contribution is 6.32. The number of nitrogens with zero attached hydrogens (tertiary/aromatic N) is 2. The number of methoxy groups -OCH3 is 1. The molecule has 0 unspecified atom stereocenters. The Morgan fingerprint density at radius 3 is 2.68 bits per heavy atom. The summed E-state index contributed by atoms with van der Waals surface area (Å²) in [5, 5.41) is 2.63. The summed E-state index contributed by atoms with van der Waals surface area (Å²) in [6, 6.07) is 4.13. The van der Waals surface area contributed by atoms with Gasteiger partial charge in [0.1, 0.15) is 18.5 Å². The number of halogens is 2. The average molecular weight is 456 g/mol. The quantitative estimate of drug-likeness (QED) is 0.609. The molecule has 0 bridgehead atoms. The molecule has 2 aliphatic heterocycles. The number of likely N-dealkylation sites (tertiary alicyclic amines) is 1. The molecule has 31 heavy (non-hydrogen) atoms. The van der Waals surface area contributed by atoms with Gasteiger partial charge in [0.25, 0.3) is 5.91 Å². The molecular formula is C21H27ClFN3O5. The van der Waals surface area contributed by atoms with Crippen molar-refractivity contribution in [1.82, 2.24) is 15.1 Å². The van der Waals surface area contributed by atoms with E-state index < -0.39 is 30.8 Å². The molecule has 2 aliphatic rings. The molecule has 4 amide bonds. The van der Waals surface area contributed by atoms with E-state index in [2.05, 4.69) is 5.32 Å². The van der Waals surface area contributed by atoms with E-state index in [1.54, 1.807) is 24.0 Å². The van der Waals surface area contributed by atoms with Crippen LogP contribution in [-0.4, -0.2) is 67.5 Å². The highest BCUT2D eigenvalue weighted by atomic mass is 35.5. The highest BCUT2D eigenvalue weighted by Crippen LogP contribution is 2.34. The second-order valence-electron chi connectivity index (χ2n) is 7.88. The Bertz CT molecular complexity index is 831. The number of nitrogens with one attached hydrogen (secondary N) is 1. The molecule has 10 heteroatoms. The van der Waals surface area contributed by atoms with Crippen LogP contribution in [-0.2, 0) is 14.3 Å². The van der Waals surface area contributed by atoms with E-state index in [-0.39, 0.29) is 25.0 Å². The van der Waals surface area contributed by atoms with Gasteiger partial charge in [-0.2, -0.15) is 0 Å². The first-order chi connectivity index (χ1) is 14.8. The molecule has 1 aromatic carbocycles. The van der Waals surface area contributed by atoms with Crippen molar-refractivity contribution in [2.24, 2.45) is 5.92 Å². The fourth-order valence-corrected chi connectivity index (χ4v) is 4.36. The number of urea groups is 1. The van der Waals surface area contributed by atoms with Gasteiger partial charge in [0.15, 0.2) is 0 Å². The number of hydrogen-bond acceptors (Lipinski definition) is 5. The van der Waals surface area contributed by atoms with Gasteiger partial charge in [0, 0.05) is 26.1 Å². The number of amides is 4. The first kappa shape index (κ1) is 23.3. The van der Waals surface area contributed by atoms with E-state index >= 15 is 0 Å².